The van der Waals surface area contributed by atoms with E-state index >= 15 is 0 Å². The summed E-state index contributed by atoms with van der Waals surface area (Å²) in [5.41, 5.74) is 0.398. The van der Waals surface area contributed by atoms with Crippen LogP contribution in [0.25, 0.3) is 0 Å². The van der Waals surface area contributed by atoms with Crippen LogP contribution in [0.3, 0.4) is 0 Å². The maximum absolute atomic E-state index is 6.27. The lowest BCUT2D eigenvalue weighted by Crippen LogP contribution is -2.46. The van der Waals surface area contributed by atoms with Gasteiger partial charge in [-0.25, -0.2) is 0 Å². The summed E-state index contributed by atoms with van der Waals surface area (Å²) < 4.78 is 6.27. The molecule has 0 aromatic carbocycles. The van der Waals surface area contributed by atoms with Gasteiger partial charge in [0.15, 0.2) is 0 Å². The average molecular weight is 253 g/mol. The van der Waals surface area contributed by atoms with Gasteiger partial charge < -0.3 is 10.1 Å². The van der Waals surface area contributed by atoms with Crippen LogP contribution in [0.1, 0.15) is 65.7 Å². The zero-order chi connectivity index (χ0) is 13.0. The van der Waals surface area contributed by atoms with Crippen LogP contribution in [-0.4, -0.2) is 25.3 Å². The molecule has 0 aromatic heterocycles. The first-order chi connectivity index (χ1) is 8.63. The van der Waals surface area contributed by atoms with E-state index in [1.54, 1.807) is 0 Å². The SMILES string of the molecule is CCCNC1C(OCC2CCCC2)CCC1(C)C. The van der Waals surface area contributed by atoms with Crippen molar-refractivity contribution in [2.24, 2.45) is 11.3 Å². The Hall–Kier alpha value is -0.0800. The second-order valence-electron chi connectivity index (χ2n) is 6.98. The number of hydrogen-bond acceptors (Lipinski definition) is 2. The maximum Gasteiger partial charge on any atom is 0.0733 e. The molecule has 0 saturated heterocycles. The molecule has 2 atom stereocenters. The van der Waals surface area contributed by atoms with Gasteiger partial charge >= 0.3 is 0 Å². The van der Waals surface area contributed by atoms with Crippen molar-refractivity contribution in [3.63, 3.8) is 0 Å². The number of ether oxygens (including phenoxy) is 1. The van der Waals surface area contributed by atoms with Crippen LogP contribution in [-0.2, 0) is 4.74 Å². The summed E-state index contributed by atoms with van der Waals surface area (Å²) in [6.07, 6.45) is 9.81. The van der Waals surface area contributed by atoms with Gasteiger partial charge in [-0.15, -0.1) is 0 Å². The Labute approximate surface area is 113 Å². The summed E-state index contributed by atoms with van der Waals surface area (Å²) in [6, 6.07) is 0.554. The standard InChI is InChI=1S/C16H31NO/c1-4-11-17-15-14(9-10-16(15,2)3)18-12-13-7-5-6-8-13/h13-15,17H,4-12H2,1-3H3. The minimum atomic E-state index is 0.398. The largest absolute Gasteiger partial charge is 0.376 e. The monoisotopic (exact) mass is 253 g/mol. The maximum atomic E-state index is 6.27. The van der Waals surface area contributed by atoms with E-state index in [1.165, 1.54) is 44.9 Å². The van der Waals surface area contributed by atoms with E-state index in [-0.39, 0.29) is 0 Å². The molecule has 0 aliphatic heterocycles. The van der Waals surface area contributed by atoms with Gasteiger partial charge in [0.25, 0.3) is 0 Å². The molecule has 2 saturated carbocycles. The fourth-order valence-corrected chi connectivity index (χ4v) is 3.66. The van der Waals surface area contributed by atoms with Crippen LogP contribution < -0.4 is 5.32 Å². The van der Waals surface area contributed by atoms with Crippen LogP contribution in [0, 0.1) is 11.3 Å². The summed E-state index contributed by atoms with van der Waals surface area (Å²) in [7, 11) is 0. The Kier molecular flexibility index (Phi) is 5.08. The third-order valence-electron chi connectivity index (χ3n) is 4.92. The summed E-state index contributed by atoms with van der Waals surface area (Å²) in [5.74, 6) is 0.848. The van der Waals surface area contributed by atoms with Crippen molar-refractivity contribution in [3.8, 4) is 0 Å². The van der Waals surface area contributed by atoms with Crippen molar-refractivity contribution in [1.29, 1.82) is 0 Å². The Bertz CT molecular complexity index is 245. The fourth-order valence-electron chi connectivity index (χ4n) is 3.66. The van der Waals surface area contributed by atoms with E-state index in [2.05, 4.69) is 26.1 Å². The third kappa shape index (κ3) is 3.48. The van der Waals surface area contributed by atoms with Crippen molar-refractivity contribution >= 4 is 0 Å². The molecule has 106 valence electrons. The molecule has 18 heavy (non-hydrogen) atoms. The minimum Gasteiger partial charge on any atom is -0.376 e. The van der Waals surface area contributed by atoms with Gasteiger partial charge in [0.05, 0.1) is 6.10 Å². The van der Waals surface area contributed by atoms with Crippen molar-refractivity contribution in [2.75, 3.05) is 13.2 Å². The molecule has 0 aromatic rings. The Morgan fingerprint density at radius 1 is 1.17 bits per heavy atom. The van der Waals surface area contributed by atoms with Crippen LogP contribution in [0.15, 0.2) is 0 Å². The van der Waals surface area contributed by atoms with Gasteiger partial charge in [-0.05, 0) is 50.0 Å². The quantitative estimate of drug-likeness (QED) is 0.778. The van der Waals surface area contributed by atoms with Gasteiger partial charge in [0.1, 0.15) is 0 Å². The van der Waals surface area contributed by atoms with Crippen molar-refractivity contribution < 1.29 is 4.74 Å². The summed E-state index contributed by atoms with van der Waals surface area (Å²) in [5, 5.41) is 3.72. The summed E-state index contributed by atoms with van der Waals surface area (Å²) in [6.45, 7) is 9.14. The number of nitrogens with one attached hydrogen (secondary N) is 1. The van der Waals surface area contributed by atoms with E-state index in [9.17, 15) is 0 Å². The normalized spacial score (nSPS) is 32.2. The highest BCUT2D eigenvalue weighted by atomic mass is 16.5. The van der Waals surface area contributed by atoms with E-state index in [1.807, 2.05) is 0 Å². The van der Waals surface area contributed by atoms with E-state index < -0.39 is 0 Å². The first-order valence-corrected chi connectivity index (χ1v) is 7.98. The van der Waals surface area contributed by atoms with Crippen LogP contribution >= 0.6 is 0 Å². The van der Waals surface area contributed by atoms with Crippen LogP contribution in [0.2, 0.25) is 0 Å². The van der Waals surface area contributed by atoms with Gasteiger partial charge in [-0.3, -0.25) is 0 Å². The van der Waals surface area contributed by atoms with Crippen molar-refractivity contribution in [3.05, 3.63) is 0 Å². The molecular formula is C16H31NO. The molecule has 2 nitrogen and oxygen atoms in total. The molecule has 0 spiro atoms. The van der Waals surface area contributed by atoms with E-state index in [4.69, 9.17) is 4.74 Å². The Morgan fingerprint density at radius 3 is 2.56 bits per heavy atom. The number of rotatable bonds is 6. The van der Waals surface area contributed by atoms with Gasteiger partial charge in [-0.2, -0.15) is 0 Å². The van der Waals surface area contributed by atoms with Gasteiger partial charge in [-0.1, -0.05) is 33.6 Å². The smallest absolute Gasteiger partial charge is 0.0733 e. The molecule has 2 fully saturated rings. The average Bonchev–Trinajstić information content (AvgIpc) is 2.92. The first kappa shape index (κ1) is 14.3. The second kappa shape index (κ2) is 6.38. The predicted octanol–water partition coefficient (Wildman–Crippen LogP) is 3.75. The highest BCUT2D eigenvalue weighted by Gasteiger charge is 2.42. The lowest BCUT2D eigenvalue weighted by Gasteiger charge is -2.32. The molecule has 2 unspecified atom stereocenters. The summed E-state index contributed by atoms with van der Waals surface area (Å²) >= 11 is 0. The van der Waals surface area contributed by atoms with Gasteiger partial charge in [0.2, 0.25) is 0 Å². The minimum absolute atomic E-state index is 0.398. The Morgan fingerprint density at radius 2 is 1.89 bits per heavy atom. The topological polar surface area (TPSA) is 21.3 Å². The van der Waals surface area contributed by atoms with E-state index in [0.29, 0.717) is 17.6 Å². The van der Waals surface area contributed by atoms with E-state index in [0.717, 1.165) is 19.1 Å². The van der Waals surface area contributed by atoms with Crippen molar-refractivity contribution in [1.82, 2.24) is 5.32 Å². The molecular weight excluding hydrogens is 222 g/mol. The third-order valence-corrected chi connectivity index (χ3v) is 4.92. The highest BCUT2D eigenvalue weighted by Crippen LogP contribution is 2.39. The molecule has 0 amide bonds. The zero-order valence-electron chi connectivity index (χ0n) is 12.5. The molecule has 2 aliphatic carbocycles. The predicted molar refractivity (Wildman–Crippen MR) is 76.8 cm³/mol. The van der Waals surface area contributed by atoms with Crippen LogP contribution in [0.4, 0.5) is 0 Å². The first-order valence-electron chi connectivity index (χ1n) is 7.98. The molecule has 2 rings (SSSR count). The molecule has 0 bridgehead atoms. The number of hydrogen-bond donors (Lipinski definition) is 1. The Balaban J connectivity index is 1.81. The fraction of sp³-hybridized carbons (Fsp3) is 1.00. The van der Waals surface area contributed by atoms with Gasteiger partial charge in [0, 0.05) is 12.6 Å². The molecule has 0 radical (unpaired) electrons. The molecule has 0 heterocycles. The lowest BCUT2D eigenvalue weighted by molar-refractivity contribution is 0.00805. The highest BCUT2D eigenvalue weighted by molar-refractivity contribution is 4.97. The molecule has 1 N–H and O–H groups in total. The molecule has 2 aliphatic rings. The summed E-state index contributed by atoms with van der Waals surface area (Å²) in [4.78, 5) is 0. The molecule has 2 heteroatoms. The second-order valence-corrected chi connectivity index (χ2v) is 6.98. The van der Waals surface area contributed by atoms with Crippen LogP contribution in [0.5, 0.6) is 0 Å². The zero-order valence-corrected chi connectivity index (χ0v) is 12.5. The van der Waals surface area contributed by atoms with Crippen molar-refractivity contribution in [2.45, 2.75) is 77.9 Å². The lowest BCUT2D eigenvalue weighted by atomic mass is 9.87.